The number of hydrogen-bond acceptors (Lipinski definition) is 4. The number of carbonyl (C=O) groups is 1. The van der Waals surface area contributed by atoms with Gasteiger partial charge >= 0.3 is 0 Å². The summed E-state index contributed by atoms with van der Waals surface area (Å²) in [6.45, 7) is 6.15. The molecule has 6 nitrogen and oxygen atoms in total. The molecule has 1 atom stereocenters. The second-order valence-electron chi connectivity index (χ2n) is 6.79. The number of rotatable bonds is 6. The van der Waals surface area contributed by atoms with Gasteiger partial charge in [0.25, 0.3) is 5.91 Å². The Kier molecular flexibility index (Phi) is 5.66. The fraction of sp³-hybridized carbons (Fsp3) is 0.286. The minimum atomic E-state index is -0.748. The fourth-order valence-corrected chi connectivity index (χ4v) is 3.00. The highest BCUT2D eigenvalue weighted by Gasteiger charge is 2.15. The zero-order valence-corrected chi connectivity index (χ0v) is 15.8. The lowest BCUT2D eigenvalue weighted by Gasteiger charge is -2.15. The predicted octanol–water partition coefficient (Wildman–Crippen LogP) is 3.30. The van der Waals surface area contributed by atoms with Crippen LogP contribution in [0.5, 0.6) is 0 Å². The van der Waals surface area contributed by atoms with Gasteiger partial charge in [-0.3, -0.25) is 4.79 Å². The van der Waals surface area contributed by atoms with Gasteiger partial charge in [0.1, 0.15) is 6.33 Å². The first-order valence-electron chi connectivity index (χ1n) is 8.99. The van der Waals surface area contributed by atoms with E-state index in [9.17, 15) is 9.90 Å². The number of nitrogens with zero attached hydrogens (tertiary/aromatic N) is 3. The molecule has 0 radical (unpaired) electrons. The molecule has 0 aliphatic carbocycles. The average molecular weight is 364 g/mol. The minimum Gasteiger partial charge on any atom is -0.387 e. The van der Waals surface area contributed by atoms with E-state index in [4.69, 9.17) is 0 Å². The first kappa shape index (κ1) is 18.8. The summed E-state index contributed by atoms with van der Waals surface area (Å²) in [5.74, 6) is 0.486. The van der Waals surface area contributed by atoms with Crippen LogP contribution in [0.4, 0.5) is 0 Å². The Bertz CT molecular complexity index is 933. The molecule has 27 heavy (non-hydrogen) atoms. The molecule has 0 aliphatic heterocycles. The maximum absolute atomic E-state index is 12.5. The van der Waals surface area contributed by atoms with Crippen molar-refractivity contribution >= 4 is 5.91 Å². The summed E-state index contributed by atoms with van der Waals surface area (Å²) >= 11 is 0. The summed E-state index contributed by atoms with van der Waals surface area (Å²) in [6.07, 6.45) is 0.767. The highest BCUT2D eigenvalue weighted by Crippen LogP contribution is 2.21. The van der Waals surface area contributed by atoms with Crippen molar-refractivity contribution in [1.29, 1.82) is 0 Å². The van der Waals surface area contributed by atoms with E-state index in [1.807, 2.05) is 61.9 Å². The highest BCUT2D eigenvalue weighted by atomic mass is 16.3. The number of amides is 1. The first-order chi connectivity index (χ1) is 13.0. The third kappa shape index (κ3) is 4.23. The molecule has 1 aromatic heterocycles. The van der Waals surface area contributed by atoms with Gasteiger partial charge in [-0.15, -0.1) is 0 Å². The number of aryl methyl sites for hydroxylation is 1. The number of aromatic nitrogens is 3. The standard InChI is InChI=1S/C21H24N4O2/c1-14(2)25-20(23-13-24-25)16-8-6-9-17(11-16)21(27)22-12-19(26)18-10-5-4-7-15(18)3/h4-11,13-14,19,26H,12H2,1-3H3,(H,22,27)/t19-/m0/s1. The van der Waals surface area contributed by atoms with E-state index in [1.165, 1.54) is 6.33 Å². The largest absolute Gasteiger partial charge is 0.387 e. The van der Waals surface area contributed by atoms with Crippen molar-refractivity contribution in [3.05, 3.63) is 71.5 Å². The highest BCUT2D eigenvalue weighted by molar-refractivity contribution is 5.95. The van der Waals surface area contributed by atoms with E-state index in [-0.39, 0.29) is 18.5 Å². The third-order valence-corrected chi connectivity index (χ3v) is 4.45. The van der Waals surface area contributed by atoms with Crippen LogP contribution in [-0.4, -0.2) is 32.3 Å². The molecular formula is C21H24N4O2. The molecular weight excluding hydrogens is 340 g/mol. The Morgan fingerprint density at radius 1 is 1.19 bits per heavy atom. The molecule has 0 bridgehead atoms. The van der Waals surface area contributed by atoms with Gasteiger partial charge in [0.2, 0.25) is 0 Å². The molecule has 2 aromatic carbocycles. The van der Waals surface area contributed by atoms with Crippen LogP contribution in [0.2, 0.25) is 0 Å². The third-order valence-electron chi connectivity index (χ3n) is 4.45. The van der Waals surface area contributed by atoms with Gasteiger partial charge in [-0.05, 0) is 44.0 Å². The summed E-state index contributed by atoms with van der Waals surface area (Å²) < 4.78 is 1.82. The zero-order chi connectivity index (χ0) is 19.4. The first-order valence-corrected chi connectivity index (χ1v) is 8.99. The fourth-order valence-electron chi connectivity index (χ4n) is 3.00. The Morgan fingerprint density at radius 3 is 2.70 bits per heavy atom. The number of benzene rings is 2. The molecule has 0 aliphatic rings. The van der Waals surface area contributed by atoms with Gasteiger partial charge in [-0.1, -0.05) is 36.4 Å². The van der Waals surface area contributed by atoms with Crippen molar-refractivity contribution in [2.75, 3.05) is 6.54 Å². The predicted molar refractivity (Wildman–Crippen MR) is 104 cm³/mol. The minimum absolute atomic E-state index is 0.149. The Morgan fingerprint density at radius 2 is 1.96 bits per heavy atom. The lowest BCUT2D eigenvalue weighted by molar-refractivity contribution is 0.0916. The number of hydrogen-bond donors (Lipinski definition) is 2. The van der Waals surface area contributed by atoms with Crippen molar-refractivity contribution < 1.29 is 9.90 Å². The van der Waals surface area contributed by atoms with E-state index in [1.54, 1.807) is 12.1 Å². The van der Waals surface area contributed by atoms with Crippen LogP contribution in [0.15, 0.2) is 54.9 Å². The average Bonchev–Trinajstić information content (AvgIpc) is 3.16. The molecule has 1 heterocycles. The smallest absolute Gasteiger partial charge is 0.251 e. The Labute approximate surface area is 158 Å². The molecule has 6 heteroatoms. The van der Waals surface area contributed by atoms with Crippen LogP contribution in [-0.2, 0) is 0 Å². The van der Waals surface area contributed by atoms with E-state index in [2.05, 4.69) is 15.4 Å². The van der Waals surface area contributed by atoms with Crippen LogP contribution in [0.1, 0.15) is 47.5 Å². The van der Waals surface area contributed by atoms with Crippen molar-refractivity contribution in [3.63, 3.8) is 0 Å². The summed E-state index contributed by atoms with van der Waals surface area (Å²) in [5.41, 5.74) is 3.15. The van der Waals surface area contributed by atoms with Gasteiger partial charge in [0.15, 0.2) is 5.82 Å². The zero-order valence-electron chi connectivity index (χ0n) is 15.8. The number of nitrogens with one attached hydrogen (secondary N) is 1. The van der Waals surface area contributed by atoms with Crippen molar-refractivity contribution in [2.24, 2.45) is 0 Å². The SMILES string of the molecule is Cc1ccccc1[C@@H](O)CNC(=O)c1cccc(-c2ncnn2C(C)C)c1. The van der Waals surface area contributed by atoms with Crippen LogP contribution in [0.25, 0.3) is 11.4 Å². The van der Waals surface area contributed by atoms with Crippen molar-refractivity contribution in [3.8, 4) is 11.4 Å². The molecule has 1 amide bonds. The van der Waals surface area contributed by atoms with Gasteiger partial charge in [-0.25, -0.2) is 9.67 Å². The number of carbonyl (C=O) groups excluding carboxylic acids is 1. The van der Waals surface area contributed by atoms with Crippen molar-refractivity contribution in [1.82, 2.24) is 20.1 Å². The molecule has 0 unspecified atom stereocenters. The van der Waals surface area contributed by atoms with E-state index in [0.717, 1.165) is 22.5 Å². The van der Waals surface area contributed by atoms with Gasteiger partial charge in [0.05, 0.1) is 6.10 Å². The Balaban J connectivity index is 1.72. The van der Waals surface area contributed by atoms with Gasteiger partial charge < -0.3 is 10.4 Å². The maximum atomic E-state index is 12.5. The second kappa shape index (κ2) is 8.14. The summed E-state index contributed by atoms with van der Waals surface area (Å²) in [4.78, 5) is 16.9. The molecule has 0 saturated heterocycles. The molecule has 2 N–H and O–H groups in total. The lowest BCUT2D eigenvalue weighted by Crippen LogP contribution is -2.28. The molecule has 0 spiro atoms. The molecule has 3 aromatic rings. The maximum Gasteiger partial charge on any atom is 0.251 e. The number of aliphatic hydroxyl groups excluding tert-OH is 1. The normalized spacial score (nSPS) is 12.2. The quantitative estimate of drug-likeness (QED) is 0.703. The summed E-state index contributed by atoms with van der Waals surface area (Å²) in [7, 11) is 0. The van der Waals surface area contributed by atoms with Gasteiger partial charge in [-0.2, -0.15) is 5.10 Å². The molecule has 140 valence electrons. The van der Waals surface area contributed by atoms with Crippen molar-refractivity contribution in [2.45, 2.75) is 32.9 Å². The van der Waals surface area contributed by atoms with Crippen LogP contribution in [0, 0.1) is 6.92 Å². The van der Waals surface area contributed by atoms with Gasteiger partial charge in [0, 0.05) is 23.7 Å². The summed E-state index contributed by atoms with van der Waals surface area (Å²) in [6, 6.07) is 15.0. The monoisotopic (exact) mass is 364 g/mol. The van der Waals surface area contributed by atoms with Crippen LogP contribution in [0.3, 0.4) is 0 Å². The lowest BCUT2D eigenvalue weighted by atomic mass is 10.0. The molecule has 0 fully saturated rings. The van der Waals surface area contributed by atoms with E-state index in [0.29, 0.717) is 5.56 Å². The van der Waals surface area contributed by atoms with E-state index < -0.39 is 6.10 Å². The summed E-state index contributed by atoms with van der Waals surface area (Å²) in [5, 5.41) is 17.4. The number of aliphatic hydroxyl groups is 1. The van der Waals surface area contributed by atoms with Crippen LogP contribution >= 0.6 is 0 Å². The second-order valence-corrected chi connectivity index (χ2v) is 6.79. The Hall–Kier alpha value is -2.99. The van der Waals surface area contributed by atoms with Crippen LogP contribution < -0.4 is 5.32 Å². The molecule has 0 saturated carbocycles. The topological polar surface area (TPSA) is 80.0 Å². The van der Waals surface area contributed by atoms with E-state index >= 15 is 0 Å². The molecule has 3 rings (SSSR count).